The molecule has 164 valence electrons. The van der Waals surface area contributed by atoms with Gasteiger partial charge in [-0.3, -0.25) is 4.79 Å². The molecule has 1 amide bonds. The molecule has 3 aromatic carbocycles. The van der Waals surface area contributed by atoms with Gasteiger partial charge in [-0.25, -0.2) is 10.2 Å². The fourth-order valence-corrected chi connectivity index (χ4v) is 3.11. The fourth-order valence-electron chi connectivity index (χ4n) is 2.63. The molecule has 0 aliphatic carbocycles. The van der Waals surface area contributed by atoms with E-state index in [2.05, 4.69) is 10.5 Å². The molecule has 0 radical (unpaired) electrons. The van der Waals surface area contributed by atoms with E-state index < -0.39 is 5.97 Å². The lowest BCUT2D eigenvalue weighted by Gasteiger charge is -2.07. The number of esters is 1. The third-order valence-electron chi connectivity index (χ3n) is 4.19. The number of halogens is 2. The first-order chi connectivity index (χ1) is 15.5. The zero-order chi connectivity index (χ0) is 22.9. The highest BCUT2D eigenvalue weighted by Gasteiger charge is 2.13. The van der Waals surface area contributed by atoms with E-state index in [1.54, 1.807) is 54.6 Å². The molecule has 0 atom stereocenters. The van der Waals surface area contributed by atoms with E-state index >= 15 is 0 Å². The molecule has 0 aliphatic rings. The average molecular weight is 471 g/mol. The minimum atomic E-state index is -0.611. The smallest absolute Gasteiger partial charge is 0.345 e. The first-order valence-corrected chi connectivity index (χ1v) is 10.6. The molecule has 0 fully saturated rings. The van der Waals surface area contributed by atoms with Crippen LogP contribution in [0.2, 0.25) is 10.0 Å². The van der Waals surface area contributed by atoms with Crippen LogP contribution in [0.15, 0.2) is 71.8 Å². The maximum Gasteiger partial charge on any atom is 0.345 e. The number of hydrogen-bond donors (Lipinski definition) is 1. The minimum Gasteiger partial charge on any atom is -0.494 e. The van der Waals surface area contributed by atoms with Gasteiger partial charge in [0.15, 0.2) is 0 Å². The van der Waals surface area contributed by atoms with Gasteiger partial charge in [0.05, 0.1) is 23.4 Å². The molecule has 32 heavy (non-hydrogen) atoms. The summed E-state index contributed by atoms with van der Waals surface area (Å²) in [5, 5.41) is 4.59. The summed E-state index contributed by atoms with van der Waals surface area (Å²) in [5.74, 6) is 0.0424. The Morgan fingerprint density at radius 2 is 1.78 bits per heavy atom. The summed E-state index contributed by atoms with van der Waals surface area (Å²) in [4.78, 5) is 24.6. The predicted octanol–water partition coefficient (Wildman–Crippen LogP) is 5.77. The number of hydrazone groups is 1. The van der Waals surface area contributed by atoms with E-state index in [9.17, 15) is 9.59 Å². The van der Waals surface area contributed by atoms with Crippen LogP contribution in [0.5, 0.6) is 11.5 Å². The maximum absolute atomic E-state index is 12.4. The third-order valence-corrected chi connectivity index (χ3v) is 4.74. The number of nitrogens with zero attached hydrogens (tertiary/aromatic N) is 1. The summed E-state index contributed by atoms with van der Waals surface area (Å²) in [7, 11) is 0. The highest BCUT2D eigenvalue weighted by Crippen LogP contribution is 2.23. The number of hydrogen-bond acceptors (Lipinski definition) is 5. The summed E-state index contributed by atoms with van der Waals surface area (Å²) < 4.78 is 10.9. The van der Waals surface area contributed by atoms with Crippen LogP contribution in [0, 0.1) is 0 Å². The van der Waals surface area contributed by atoms with E-state index in [0.717, 1.165) is 6.42 Å². The summed E-state index contributed by atoms with van der Waals surface area (Å²) in [6, 6.07) is 18.0. The van der Waals surface area contributed by atoms with Crippen LogP contribution in [-0.2, 0) is 0 Å². The van der Waals surface area contributed by atoms with Crippen LogP contribution in [-0.4, -0.2) is 24.7 Å². The van der Waals surface area contributed by atoms with Crippen molar-refractivity contribution in [1.29, 1.82) is 0 Å². The van der Waals surface area contributed by atoms with E-state index in [4.69, 9.17) is 32.7 Å². The Labute approximate surface area is 195 Å². The molecule has 0 spiro atoms. The molecule has 0 saturated carbocycles. The van der Waals surface area contributed by atoms with Crippen LogP contribution in [0.4, 0.5) is 0 Å². The molecule has 1 N–H and O–H groups in total. The molecule has 0 heterocycles. The van der Waals surface area contributed by atoms with Gasteiger partial charge in [0.25, 0.3) is 5.91 Å². The molecule has 0 unspecified atom stereocenters. The SMILES string of the molecule is CCCOc1ccc(C(=O)N/N=C/c2cccc(OC(=O)c3ccc(Cl)cc3Cl)c2)cc1. The topological polar surface area (TPSA) is 77.0 Å². The van der Waals surface area contributed by atoms with E-state index in [-0.39, 0.29) is 16.5 Å². The van der Waals surface area contributed by atoms with Crippen molar-refractivity contribution in [2.45, 2.75) is 13.3 Å². The van der Waals surface area contributed by atoms with Gasteiger partial charge in [-0.05, 0) is 66.6 Å². The molecular weight excluding hydrogens is 451 g/mol. The summed E-state index contributed by atoms with van der Waals surface area (Å²) in [5.41, 5.74) is 3.74. The van der Waals surface area contributed by atoms with Crippen molar-refractivity contribution in [2.75, 3.05) is 6.61 Å². The second-order valence-electron chi connectivity index (χ2n) is 6.66. The summed E-state index contributed by atoms with van der Waals surface area (Å²) in [6.45, 7) is 2.64. The zero-order valence-electron chi connectivity index (χ0n) is 17.2. The lowest BCUT2D eigenvalue weighted by atomic mass is 10.2. The van der Waals surface area contributed by atoms with Gasteiger partial charge < -0.3 is 9.47 Å². The number of nitrogens with one attached hydrogen (secondary N) is 1. The quantitative estimate of drug-likeness (QED) is 0.196. The van der Waals surface area contributed by atoms with Gasteiger partial charge in [-0.1, -0.05) is 42.3 Å². The third kappa shape index (κ3) is 6.57. The number of benzene rings is 3. The van der Waals surface area contributed by atoms with Crippen molar-refractivity contribution in [2.24, 2.45) is 5.10 Å². The van der Waals surface area contributed by atoms with Gasteiger partial charge in [0.1, 0.15) is 11.5 Å². The Hall–Kier alpha value is -3.35. The number of amides is 1. The Morgan fingerprint density at radius 1 is 1.00 bits per heavy atom. The largest absolute Gasteiger partial charge is 0.494 e. The van der Waals surface area contributed by atoms with Gasteiger partial charge in [-0.2, -0.15) is 5.10 Å². The van der Waals surface area contributed by atoms with Crippen molar-refractivity contribution in [3.63, 3.8) is 0 Å². The van der Waals surface area contributed by atoms with Crippen molar-refractivity contribution in [3.8, 4) is 11.5 Å². The molecule has 6 nitrogen and oxygen atoms in total. The van der Waals surface area contributed by atoms with Crippen molar-refractivity contribution in [1.82, 2.24) is 5.43 Å². The second-order valence-corrected chi connectivity index (χ2v) is 7.50. The fraction of sp³-hybridized carbons (Fsp3) is 0.125. The molecule has 0 aromatic heterocycles. The Morgan fingerprint density at radius 3 is 2.50 bits per heavy atom. The first kappa shape index (κ1) is 23.3. The molecule has 0 aliphatic heterocycles. The van der Waals surface area contributed by atoms with Gasteiger partial charge in [0, 0.05) is 10.6 Å². The molecular formula is C24H20Cl2N2O4. The lowest BCUT2D eigenvalue weighted by Crippen LogP contribution is -2.17. The van der Waals surface area contributed by atoms with Gasteiger partial charge in [-0.15, -0.1) is 0 Å². The van der Waals surface area contributed by atoms with Crippen molar-refractivity contribution >= 4 is 41.3 Å². The number of rotatable bonds is 8. The summed E-state index contributed by atoms with van der Waals surface area (Å²) >= 11 is 11.9. The highest BCUT2D eigenvalue weighted by molar-refractivity contribution is 6.36. The predicted molar refractivity (Wildman–Crippen MR) is 125 cm³/mol. The van der Waals surface area contributed by atoms with Crippen LogP contribution in [0.3, 0.4) is 0 Å². The number of carbonyl (C=O) groups is 2. The Kier molecular flexibility index (Phi) is 8.25. The van der Waals surface area contributed by atoms with Crippen LogP contribution >= 0.6 is 23.2 Å². The minimum absolute atomic E-state index is 0.202. The molecule has 8 heteroatoms. The van der Waals surface area contributed by atoms with Crippen LogP contribution < -0.4 is 14.9 Å². The average Bonchev–Trinajstić information content (AvgIpc) is 2.78. The van der Waals surface area contributed by atoms with Crippen LogP contribution in [0.25, 0.3) is 0 Å². The summed E-state index contributed by atoms with van der Waals surface area (Å²) in [6.07, 6.45) is 2.36. The lowest BCUT2D eigenvalue weighted by molar-refractivity contribution is 0.0734. The van der Waals surface area contributed by atoms with Gasteiger partial charge >= 0.3 is 5.97 Å². The second kappa shape index (κ2) is 11.3. The highest BCUT2D eigenvalue weighted by atomic mass is 35.5. The molecule has 3 aromatic rings. The molecule has 0 saturated heterocycles. The Balaban J connectivity index is 1.59. The maximum atomic E-state index is 12.4. The first-order valence-electron chi connectivity index (χ1n) is 9.80. The van der Waals surface area contributed by atoms with E-state index in [1.165, 1.54) is 18.3 Å². The zero-order valence-corrected chi connectivity index (χ0v) is 18.7. The van der Waals surface area contributed by atoms with E-state index in [1.807, 2.05) is 6.92 Å². The number of ether oxygens (including phenoxy) is 2. The van der Waals surface area contributed by atoms with Crippen molar-refractivity contribution < 1.29 is 19.1 Å². The van der Waals surface area contributed by atoms with Crippen LogP contribution in [0.1, 0.15) is 39.6 Å². The van der Waals surface area contributed by atoms with Gasteiger partial charge in [0.2, 0.25) is 0 Å². The molecule has 3 rings (SSSR count). The standard InChI is InChI=1S/C24H20Cl2N2O4/c1-2-12-31-19-9-6-17(7-10-19)23(29)28-27-15-16-4-3-5-20(13-16)32-24(30)21-11-8-18(25)14-22(21)26/h3-11,13-15H,2,12H2,1H3,(H,28,29)/b27-15+. The monoisotopic (exact) mass is 470 g/mol. The Bertz CT molecular complexity index is 1130. The normalized spacial score (nSPS) is 10.7. The van der Waals surface area contributed by atoms with Crippen molar-refractivity contribution in [3.05, 3.63) is 93.5 Å². The molecule has 0 bridgehead atoms. The number of carbonyl (C=O) groups excluding carboxylic acids is 2. The van der Waals surface area contributed by atoms with E-state index in [0.29, 0.717) is 34.3 Å².